The van der Waals surface area contributed by atoms with E-state index < -0.39 is 36.9 Å². The van der Waals surface area contributed by atoms with Gasteiger partial charge < -0.3 is 15.5 Å². The third-order valence-electron chi connectivity index (χ3n) is 4.96. The Labute approximate surface area is 233 Å². The molecule has 0 amide bonds. The molecule has 0 spiro atoms. The highest BCUT2D eigenvalue weighted by molar-refractivity contribution is 7.91. The van der Waals surface area contributed by atoms with Crippen LogP contribution in [0.4, 0.5) is 36.2 Å². The molecule has 11 nitrogen and oxygen atoms in total. The number of sulfonamides is 1. The van der Waals surface area contributed by atoms with Gasteiger partial charge in [0.25, 0.3) is 10.0 Å². The van der Waals surface area contributed by atoms with Crippen LogP contribution in [0, 0.1) is 5.92 Å². The minimum absolute atomic E-state index is 0.0545. The fourth-order valence-corrected chi connectivity index (χ4v) is 6.12. The van der Waals surface area contributed by atoms with Crippen LogP contribution in [-0.4, -0.2) is 56.2 Å². The lowest BCUT2D eigenvalue weighted by atomic mass is 10.3. The molecule has 0 unspecified atom stereocenters. The molecule has 3 rings (SSSR count). The number of sulfone groups is 1. The number of nitrogens with zero attached hydrogens (tertiary/aromatic N) is 3. The molecule has 2 N–H and O–H groups in total. The highest BCUT2D eigenvalue weighted by Crippen LogP contribution is 2.31. The molecule has 3 aromatic rings. The van der Waals surface area contributed by atoms with Gasteiger partial charge in [0.2, 0.25) is 0 Å². The van der Waals surface area contributed by atoms with Gasteiger partial charge in [-0.05, 0) is 52.9 Å². The summed E-state index contributed by atoms with van der Waals surface area (Å²) in [6.45, 7) is 3.35. The number of hydrogen-bond donors (Lipinski definition) is 2. The fraction of sp³-hybridized carbons (Fsp3) is 0.261. The van der Waals surface area contributed by atoms with E-state index in [9.17, 15) is 34.8 Å². The van der Waals surface area contributed by atoms with Gasteiger partial charge in [-0.3, -0.25) is 0 Å². The molecule has 0 saturated carbocycles. The van der Waals surface area contributed by atoms with Crippen molar-refractivity contribution in [1.82, 2.24) is 14.4 Å². The number of nitrogens with one attached hydrogen (secondary N) is 2. The standard InChI is InChI=1S/C23H23ClF3N5O6S2/c1-14(2)12-39(34,35)19-9-8-17(40(36,37)32(3)38-22(33)23(25,26)27)10-18(19)31-21-11-20(28-13-29-21)30-16-6-4-15(24)5-7-16/h4-11,13-14H,12H2,1-3H3,(H2,28,29,30,31). The lowest BCUT2D eigenvalue weighted by Gasteiger charge is -2.19. The predicted octanol–water partition coefficient (Wildman–Crippen LogP) is 4.69. The molecular formula is C23H23ClF3N5O6S2. The Kier molecular flexibility index (Phi) is 9.28. The highest BCUT2D eigenvalue weighted by atomic mass is 35.5. The SMILES string of the molecule is CC(C)CS(=O)(=O)c1ccc(S(=O)(=O)N(C)OC(=O)C(F)(F)F)cc1Nc1cc(Nc2ccc(Cl)cc2)ncn1. The van der Waals surface area contributed by atoms with Crippen LogP contribution in [0.25, 0.3) is 0 Å². The monoisotopic (exact) mass is 621 g/mol. The molecule has 216 valence electrons. The Morgan fingerprint density at radius 2 is 1.60 bits per heavy atom. The van der Waals surface area contributed by atoms with Gasteiger partial charge in [0.15, 0.2) is 9.84 Å². The minimum atomic E-state index is -5.45. The molecule has 0 atom stereocenters. The second-order valence-corrected chi connectivity index (χ2v) is 13.0. The van der Waals surface area contributed by atoms with Crippen LogP contribution >= 0.6 is 11.6 Å². The van der Waals surface area contributed by atoms with E-state index in [1.54, 1.807) is 38.1 Å². The van der Waals surface area contributed by atoms with Crippen LogP contribution in [0.15, 0.2) is 64.6 Å². The summed E-state index contributed by atoms with van der Waals surface area (Å²) in [5.74, 6) is -2.99. The number of carbonyl (C=O) groups is 1. The fourth-order valence-electron chi connectivity index (χ4n) is 3.25. The number of hydrogen-bond acceptors (Lipinski definition) is 10. The summed E-state index contributed by atoms with van der Waals surface area (Å²) in [5.41, 5.74) is 0.382. The summed E-state index contributed by atoms with van der Waals surface area (Å²) in [7, 11) is -8.23. The molecule has 0 aliphatic heterocycles. The normalized spacial score (nSPS) is 12.4. The first-order valence-electron chi connectivity index (χ1n) is 11.3. The number of hydroxylamine groups is 1. The number of halogens is 4. The molecule has 40 heavy (non-hydrogen) atoms. The van der Waals surface area contributed by atoms with E-state index >= 15 is 0 Å². The number of aromatic nitrogens is 2. The number of alkyl halides is 3. The first-order valence-corrected chi connectivity index (χ1v) is 14.7. The lowest BCUT2D eigenvalue weighted by Crippen LogP contribution is -2.36. The maximum Gasteiger partial charge on any atom is 0.492 e. The number of carbonyl (C=O) groups excluding carboxylic acids is 1. The first kappa shape index (κ1) is 31.1. The molecule has 0 aliphatic rings. The molecule has 0 radical (unpaired) electrons. The third kappa shape index (κ3) is 7.80. The Bertz CT molecular complexity index is 1600. The van der Waals surface area contributed by atoms with Crippen molar-refractivity contribution in [3.8, 4) is 0 Å². The maximum absolute atomic E-state index is 13.1. The molecule has 0 aliphatic carbocycles. The third-order valence-corrected chi connectivity index (χ3v) is 8.95. The molecule has 0 bridgehead atoms. The Morgan fingerprint density at radius 3 is 2.17 bits per heavy atom. The zero-order valence-electron chi connectivity index (χ0n) is 21.1. The van der Waals surface area contributed by atoms with Crippen LogP contribution in [0.3, 0.4) is 0 Å². The van der Waals surface area contributed by atoms with E-state index in [1.165, 1.54) is 6.07 Å². The Balaban J connectivity index is 2.02. The van der Waals surface area contributed by atoms with Gasteiger partial charge in [0.1, 0.15) is 18.0 Å². The molecule has 17 heteroatoms. The Morgan fingerprint density at radius 1 is 1.00 bits per heavy atom. The van der Waals surface area contributed by atoms with Crippen LogP contribution in [0.2, 0.25) is 5.02 Å². The number of benzene rings is 2. The molecule has 0 saturated heterocycles. The molecular weight excluding hydrogens is 599 g/mol. The van der Waals surface area contributed by atoms with E-state index in [0.29, 0.717) is 17.8 Å². The van der Waals surface area contributed by atoms with Crippen molar-refractivity contribution in [3.63, 3.8) is 0 Å². The van der Waals surface area contributed by atoms with Crippen molar-refractivity contribution in [2.24, 2.45) is 5.92 Å². The summed E-state index contributed by atoms with van der Waals surface area (Å²) >= 11 is 5.89. The maximum atomic E-state index is 13.1. The first-order chi connectivity index (χ1) is 18.5. The summed E-state index contributed by atoms with van der Waals surface area (Å²) in [4.78, 5) is 22.2. The quantitative estimate of drug-likeness (QED) is 0.306. The zero-order chi connectivity index (χ0) is 29.9. The van der Waals surface area contributed by atoms with E-state index in [0.717, 1.165) is 24.5 Å². The van der Waals surface area contributed by atoms with Crippen molar-refractivity contribution < 1.29 is 39.6 Å². The molecule has 2 aromatic carbocycles. The number of anilines is 4. The van der Waals surface area contributed by atoms with Gasteiger partial charge in [0, 0.05) is 23.8 Å². The van der Waals surface area contributed by atoms with Crippen molar-refractivity contribution in [2.45, 2.75) is 29.8 Å². The van der Waals surface area contributed by atoms with E-state index in [-0.39, 0.29) is 38.4 Å². The Hall–Kier alpha value is -3.47. The van der Waals surface area contributed by atoms with Crippen molar-refractivity contribution >= 4 is 60.4 Å². The van der Waals surface area contributed by atoms with Gasteiger partial charge in [0.05, 0.1) is 21.2 Å². The second kappa shape index (κ2) is 12.0. The summed E-state index contributed by atoms with van der Waals surface area (Å²) in [5, 5.41) is 6.25. The zero-order valence-corrected chi connectivity index (χ0v) is 23.5. The predicted molar refractivity (Wildman–Crippen MR) is 140 cm³/mol. The molecule has 1 heterocycles. The van der Waals surface area contributed by atoms with Crippen LogP contribution in [0.1, 0.15) is 13.8 Å². The smallest absolute Gasteiger partial charge is 0.345 e. The van der Waals surface area contributed by atoms with E-state index in [1.807, 2.05) is 0 Å². The second-order valence-electron chi connectivity index (χ2n) is 8.67. The van der Waals surface area contributed by atoms with Crippen LogP contribution in [-0.2, 0) is 29.5 Å². The topological polar surface area (TPSA) is 148 Å². The lowest BCUT2D eigenvalue weighted by molar-refractivity contribution is -0.219. The van der Waals surface area contributed by atoms with Crippen molar-refractivity contribution in [1.29, 1.82) is 0 Å². The van der Waals surface area contributed by atoms with Crippen LogP contribution in [0.5, 0.6) is 0 Å². The van der Waals surface area contributed by atoms with Gasteiger partial charge in [-0.25, -0.2) is 31.6 Å². The van der Waals surface area contributed by atoms with E-state index in [4.69, 9.17) is 11.6 Å². The van der Waals surface area contributed by atoms with E-state index in [2.05, 4.69) is 25.4 Å². The van der Waals surface area contributed by atoms with Crippen molar-refractivity contribution in [3.05, 3.63) is 59.9 Å². The largest absolute Gasteiger partial charge is 0.492 e. The summed E-state index contributed by atoms with van der Waals surface area (Å²) < 4.78 is 89.4. The van der Waals surface area contributed by atoms with Gasteiger partial charge in [-0.2, -0.15) is 13.2 Å². The average molecular weight is 622 g/mol. The summed E-state index contributed by atoms with van der Waals surface area (Å²) in [6.07, 6.45) is -4.29. The van der Waals surface area contributed by atoms with Gasteiger partial charge >= 0.3 is 12.1 Å². The van der Waals surface area contributed by atoms with Gasteiger partial charge in [-0.1, -0.05) is 25.4 Å². The van der Waals surface area contributed by atoms with Crippen LogP contribution < -0.4 is 10.6 Å². The highest BCUT2D eigenvalue weighted by Gasteiger charge is 2.44. The number of rotatable bonds is 10. The van der Waals surface area contributed by atoms with Gasteiger partial charge in [-0.15, -0.1) is 0 Å². The van der Waals surface area contributed by atoms with Crippen molar-refractivity contribution in [2.75, 3.05) is 23.4 Å². The minimum Gasteiger partial charge on any atom is -0.345 e. The summed E-state index contributed by atoms with van der Waals surface area (Å²) in [6, 6.07) is 10.8. The average Bonchev–Trinajstić information content (AvgIpc) is 2.84. The molecule has 1 aromatic heterocycles. The molecule has 0 fully saturated rings.